The Morgan fingerprint density at radius 1 is 1.00 bits per heavy atom. The molecule has 0 saturated heterocycles. The van der Waals surface area contributed by atoms with E-state index < -0.39 is 0 Å². The maximum atomic E-state index is 11.8. The van der Waals surface area contributed by atoms with Crippen LogP contribution in [0.2, 0.25) is 0 Å². The molecule has 0 heterocycles. The van der Waals surface area contributed by atoms with Crippen LogP contribution in [0.15, 0.2) is 54.6 Å². The van der Waals surface area contributed by atoms with E-state index in [-0.39, 0.29) is 11.5 Å². The number of hydrogen-bond donors (Lipinski definition) is 2. The quantitative estimate of drug-likeness (QED) is 0.791. The Hall–Kier alpha value is -2.29. The molecule has 0 aromatic heterocycles. The second kappa shape index (κ2) is 5.87. The molecule has 2 aromatic rings. The molecule has 2 rings (SSSR count). The van der Waals surface area contributed by atoms with Crippen LogP contribution in [0, 0.1) is 0 Å². The van der Waals surface area contributed by atoms with Crippen molar-refractivity contribution in [3.63, 3.8) is 0 Å². The second-order valence-electron chi connectivity index (χ2n) is 4.01. The lowest BCUT2D eigenvalue weighted by atomic mass is 10.1. The topological polar surface area (TPSA) is 49.3 Å². The predicted octanol–water partition coefficient (Wildman–Crippen LogP) is 3.08. The molecule has 18 heavy (non-hydrogen) atoms. The Labute approximate surface area is 106 Å². The van der Waals surface area contributed by atoms with Gasteiger partial charge in [0.25, 0.3) is 0 Å². The molecular formula is C15H15NO2. The minimum atomic E-state index is 0.0680. The lowest BCUT2D eigenvalue weighted by Gasteiger charge is -2.05. The van der Waals surface area contributed by atoms with Gasteiger partial charge in [0, 0.05) is 24.2 Å². The highest BCUT2D eigenvalue weighted by Crippen LogP contribution is 2.11. The summed E-state index contributed by atoms with van der Waals surface area (Å²) in [5.74, 6) is 0.243. The number of Topliss-reactive ketones (excluding diaryl/α,β-unsaturated/α-hetero) is 1. The number of rotatable bonds is 5. The van der Waals surface area contributed by atoms with Crippen molar-refractivity contribution in [3.8, 4) is 5.75 Å². The Kier molecular flexibility index (Phi) is 3.97. The molecule has 0 unspecified atom stereocenters. The fourth-order valence-corrected chi connectivity index (χ4v) is 1.67. The molecule has 0 aliphatic rings. The van der Waals surface area contributed by atoms with Crippen LogP contribution in [0.4, 0.5) is 5.69 Å². The summed E-state index contributed by atoms with van der Waals surface area (Å²) in [5.41, 5.74) is 1.64. The zero-order chi connectivity index (χ0) is 12.8. The zero-order valence-electron chi connectivity index (χ0n) is 9.97. The first kappa shape index (κ1) is 12.2. The van der Waals surface area contributed by atoms with Gasteiger partial charge in [0.2, 0.25) is 0 Å². The molecule has 0 atom stereocenters. The maximum Gasteiger partial charge on any atom is 0.164 e. The lowest BCUT2D eigenvalue weighted by molar-refractivity contribution is 0.0986. The van der Waals surface area contributed by atoms with Gasteiger partial charge in [-0.2, -0.15) is 0 Å². The molecule has 0 amide bonds. The van der Waals surface area contributed by atoms with Gasteiger partial charge in [-0.25, -0.2) is 0 Å². The van der Waals surface area contributed by atoms with Gasteiger partial charge >= 0.3 is 0 Å². The number of hydrogen-bond acceptors (Lipinski definition) is 3. The van der Waals surface area contributed by atoms with Crippen molar-refractivity contribution in [2.24, 2.45) is 0 Å². The van der Waals surface area contributed by atoms with Crippen molar-refractivity contribution in [2.45, 2.75) is 6.42 Å². The van der Waals surface area contributed by atoms with E-state index in [0.717, 1.165) is 5.69 Å². The lowest BCUT2D eigenvalue weighted by Crippen LogP contribution is -2.08. The van der Waals surface area contributed by atoms with Gasteiger partial charge in [0.1, 0.15) is 5.75 Å². The van der Waals surface area contributed by atoms with Crippen LogP contribution in [0.25, 0.3) is 0 Å². The number of nitrogens with one attached hydrogen (secondary N) is 1. The summed E-state index contributed by atoms with van der Waals surface area (Å²) in [7, 11) is 0. The molecule has 0 spiro atoms. The van der Waals surface area contributed by atoms with E-state index in [1.54, 1.807) is 12.1 Å². The molecule has 92 valence electrons. The van der Waals surface area contributed by atoms with E-state index in [9.17, 15) is 4.79 Å². The first-order chi connectivity index (χ1) is 8.75. The zero-order valence-corrected chi connectivity index (χ0v) is 9.97. The van der Waals surface area contributed by atoms with Gasteiger partial charge in [-0.1, -0.05) is 18.2 Å². The van der Waals surface area contributed by atoms with E-state index in [2.05, 4.69) is 5.32 Å². The highest BCUT2D eigenvalue weighted by molar-refractivity contribution is 5.96. The number of benzene rings is 2. The summed E-state index contributed by atoms with van der Waals surface area (Å²) in [6, 6.07) is 16.1. The average Bonchev–Trinajstić information content (AvgIpc) is 2.40. The Bertz CT molecular complexity index is 506. The highest BCUT2D eigenvalue weighted by atomic mass is 16.3. The van der Waals surface area contributed by atoms with Crippen molar-refractivity contribution < 1.29 is 9.90 Å². The van der Waals surface area contributed by atoms with Gasteiger partial charge in [0.15, 0.2) is 5.78 Å². The first-order valence-electron chi connectivity index (χ1n) is 5.87. The molecule has 2 N–H and O–H groups in total. The van der Waals surface area contributed by atoms with Crippen LogP contribution in [0.3, 0.4) is 0 Å². The Balaban J connectivity index is 1.84. The van der Waals surface area contributed by atoms with Crippen LogP contribution in [-0.4, -0.2) is 17.4 Å². The molecule has 3 nitrogen and oxygen atoms in total. The molecule has 0 radical (unpaired) electrons. The van der Waals surface area contributed by atoms with Gasteiger partial charge in [-0.3, -0.25) is 4.79 Å². The summed E-state index contributed by atoms with van der Waals surface area (Å²) < 4.78 is 0. The summed E-state index contributed by atoms with van der Waals surface area (Å²) >= 11 is 0. The maximum absolute atomic E-state index is 11.8. The SMILES string of the molecule is O=C(CCNc1ccccc1)c1ccc(O)cc1. The number of carbonyl (C=O) groups excluding carboxylic acids is 1. The molecule has 3 heteroatoms. The molecule has 2 aromatic carbocycles. The van der Waals surface area contributed by atoms with Crippen molar-refractivity contribution in [1.82, 2.24) is 0 Å². The third kappa shape index (κ3) is 3.35. The fraction of sp³-hybridized carbons (Fsp3) is 0.133. The summed E-state index contributed by atoms with van der Waals surface area (Å²) in [5, 5.41) is 12.3. The van der Waals surface area contributed by atoms with Crippen molar-refractivity contribution in [3.05, 3.63) is 60.2 Å². The number of carbonyl (C=O) groups is 1. The number of aromatic hydroxyl groups is 1. The molecule has 0 bridgehead atoms. The summed E-state index contributed by atoms with van der Waals surface area (Å²) in [6.45, 7) is 0.601. The van der Waals surface area contributed by atoms with Crippen LogP contribution < -0.4 is 5.32 Å². The Morgan fingerprint density at radius 3 is 2.33 bits per heavy atom. The minimum Gasteiger partial charge on any atom is -0.508 e. The summed E-state index contributed by atoms with van der Waals surface area (Å²) in [4.78, 5) is 11.8. The van der Waals surface area contributed by atoms with E-state index in [1.165, 1.54) is 12.1 Å². The summed E-state index contributed by atoms with van der Waals surface area (Å²) in [6.07, 6.45) is 0.430. The number of para-hydroxylation sites is 1. The third-order valence-electron chi connectivity index (χ3n) is 2.64. The smallest absolute Gasteiger partial charge is 0.164 e. The van der Waals surface area contributed by atoms with E-state index in [0.29, 0.717) is 18.5 Å². The molecule has 0 aliphatic carbocycles. The van der Waals surface area contributed by atoms with E-state index in [1.807, 2.05) is 30.3 Å². The van der Waals surface area contributed by atoms with Crippen LogP contribution >= 0.6 is 0 Å². The van der Waals surface area contributed by atoms with Gasteiger partial charge in [-0.05, 0) is 36.4 Å². The third-order valence-corrected chi connectivity index (χ3v) is 2.64. The normalized spacial score (nSPS) is 10.0. The highest BCUT2D eigenvalue weighted by Gasteiger charge is 2.04. The number of phenolic OH excluding ortho intramolecular Hbond substituents is 1. The average molecular weight is 241 g/mol. The molecule has 0 aliphatic heterocycles. The van der Waals surface area contributed by atoms with Crippen LogP contribution in [0.5, 0.6) is 5.75 Å². The number of phenols is 1. The molecule has 0 saturated carbocycles. The van der Waals surface area contributed by atoms with Crippen molar-refractivity contribution in [2.75, 3.05) is 11.9 Å². The fourth-order valence-electron chi connectivity index (χ4n) is 1.67. The standard InChI is InChI=1S/C15H15NO2/c17-14-8-6-12(7-9-14)15(18)10-11-16-13-4-2-1-3-5-13/h1-9,16-17H,10-11H2. The largest absolute Gasteiger partial charge is 0.508 e. The van der Waals surface area contributed by atoms with Crippen molar-refractivity contribution in [1.29, 1.82) is 0 Å². The monoisotopic (exact) mass is 241 g/mol. The van der Waals surface area contributed by atoms with Crippen LogP contribution in [0.1, 0.15) is 16.8 Å². The predicted molar refractivity (Wildman–Crippen MR) is 72.0 cm³/mol. The number of ketones is 1. The molecular weight excluding hydrogens is 226 g/mol. The molecule has 0 fully saturated rings. The Morgan fingerprint density at radius 2 is 1.67 bits per heavy atom. The first-order valence-corrected chi connectivity index (χ1v) is 5.87. The van der Waals surface area contributed by atoms with Gasteiger partial charge < -0.3 is 10.4 Å². The second-order valence-corrected chi connectivity index (χ2v) is 4.01. The van der Waals surface area contributed by atoms with E-state index in [4.69, 9.17) is 5.11 Å². The minimum absolute atomic E-state index is 0.0680. The van der Waals surface area contributed by atoms with E-state index >= 15 is 0 Å². The van der Waals surface area contributed by atoms with Crippen LogP contribution in [-0.2, 0) is 0 Å². The number of anilines is 1. The van der Waals surface area contributed by atoms with Crippen molar-refractivity contribution >= 4 is 11.5 Å². The van der Waals surface area contributed by atoms with Gasteiger partial charge in [0.05, 0.1) is 0 Å². The van der Waals surface area contributed by atoms with Gasteiger partial charge in [-0.15, -0.1) is 0 Å².